The summed E-state index contributed by atoms with van der Waals surface area (Å²) < 4.78 is 32.6. The topological polar surface area (TPSA) is 75.7 Å². The predicted octanol–water partition coefficient (Wildman–Crippen LogP) is 3.57. The van der Waals surface area contributed by atoms with Crippen molar-refractivity contribution >= 4 is 39.1 Å². The molecular formula is C19H28Cl2N2O4S. The van der Waals surface area contributed by atoms with E-state index in [9.17, 15) is 13.2 Å². The van der Waals surface area contributed by atoms with Gasteiger partial charge in [0.1, 0.15) is 4.90 Å². The average molecular weight is 451 g/mol. The van der Waals surface area contributed by atoms with E-state index in [1.807, 2.05) is 0 Å². The third kappa shape index (κ3) is 6.32. The molecule has 28 heavy (non-hydrogen) atoms. The molecule has 1 saturated heterocycles. The summed E-state index contributed by atoms with van der Waals surface area (Å²) in [6, 6.07) is 4.62. The normalized spacial score (nSPS) is 16.5. The van der Waals surface area contributed by atoms with Crippen LogP contribution in [0.1, 0.15) is 33.1 Å². The zero-order chi connectivity index (χ0) is 20.7. The fourth-order valence-corrected chi connectivity index (χ4v) is 5.63. The molecule has 1 aromatic rings. The van der Waals surface area contributed by atoms with Gasteiger partial charge in [-0.05, 0) is 37.3 Å². The van der Waals surface area contributed by atoms with Gasteiger partial charge in [0, 0.05) is 38.8 Å². The van der Waals surface area contributed by atoms with Crippen LogP contribution in [0.2, 0.25) is 10.0 Å². The molecule has 2 rings (SSSR count). The summed E-state index contributed by atoms with van der Waals surface area (Å²) in [6.45, 7) is 6.61. The number of amides is 1. The lowest BCUT2D eigenvalue weighted by atomic mass is 9.97. The van der Waals surface area contributed by atoms with Crippen LogP contribution in [0.25, 0.3) is 0 Å². The molecule has 1 aliphatic rings. The lowest BCUT2D eigenvalue weighted by Gasteiger charge is -2.31. The number of hydrogen-bond donors (Lipinski definition) is 1. The number of carbonyl (C=O) groups excluding carboxylic acids is 1. The molecule has 0 aromatic heterocycles. The number of carbonyl (C=O) groups is 1. The van der Waals surface area contributed by atoms with Crippen molar-refractivity contribution in [1.82, 2.24) is 9.62 Å². The van der Waals surface area contributed by atoms with E-state index in [2.05, 4.69) is 19.2 Å². The summed E-state index contributed by atoms with van der Waals surface area (Å²) in [5.41, 5.74) is 0. The van der Waals surface area contributed by atoms with Crippen LogP contribution < -0.4 is 5.32 Å². The second-order valence-electron chi connectivity index (χ2n) is 7.34. The van der Waals surface area contributed by atoms with Gasteiger partial charge in [-0.25, -0.2) is 8.42 Å². The summed E-state index contributed by atoms with van der Waals surface area (Å²) >= 11 is 12.1. The minimum absolute atomic E-state index is 0.0308. The van der Waals surface area contributed by atoms with Crippen molar-refractivity contribution in [3.63, 3.8) is 0 Å². The van der Waals surface area contributed by atoms with Crippen LogP contribution in [0.3, 0.4) is 0 Å². The van der Waals surface area contributed by atoms with Crippen LogP contribution in [0.15, 0.2) is 23.1 Å². The van der Waals surface area contributed by atoms with Crippen molar-refractivity contribution in [3.8, 4) is 0 Å². The maximum Gasteiger partial charge on any atom is 0.246 e. The highest BCUT2D eigenvalue weighted by Gasteiger charge is 2.34. The van der Waals surface area contributed by atoms with Crippen molar-refractivity contribution in [2.75, 3.05) is 32.8 Å². The van der Waals surface area contributed by atoms with Crippen molar-refractivity contribution in [3.05, 3.63) is 28.2 Å². The SMILES string of the molecule is CC(C)COCCCNC(=O)C1CCN(S(=O)(=O)c2c(Cl)cccc2Cl)CC1. The van der Waals surface area contributed by atoms with Gasteiger partial charge in [0.15, 0.2) is 0 Å². The van der Waals surface area contributed by atoms with Crippen LogP contribution in [0, 0.1) is 11.8 Å². The van der Waals surface area contributed by atoms with Gasteiger partial charge in [0.25, 0.3) is 0 Å². The largest absolute Gasteiger partial charge is 0.381 e. The number of rotatable bonds is 9. The van der Waals surface area contributed by atoms with E-state index in [-0.39, 0.29) is 39.9 Å². The second-order valence-corrected chi connectivity index (χ2v) is 10.0. The molecule has 1 heterocycles. The number of nitrogens with zero attached hydrogens (tertiary/aromatic N) is 1. The monoisotopic (exact) mass is 450 g/mol. The van der Waals surface area contributed by atoms with Crippen molar-refractivity contribution in [2.45, 2.75) is 38.0 Å². The van der Waals surface area contributed by atoms with E-state index >= 15 is 0 Å². The van der Waals surface area contributed by atoms with E-state index in [0.29, 0.717) is 31.9 Å². The average Bonchev–Trinajstić information content (AvgIpc) is 2.64. The molecule has 1 amide bonds. The van der Waals surface area contributed by atoms with Gasteiger partial charge >= 0.3 is 0 Å². The molecule has 0 bridgehead atoms. The molecule has 0 aliphatic carbocycles. The Morgan fingerprint density at radius 3 is 2.43 bits per heavy atom. The smallest absolute Gasteiger partial charge is 0.246 e. The summed E-state index contributed by atoms with van der Waals surface area (Å²) in [5, 5.41) is 3.12. The zero-order valence-corrected chi connectivity index (χ0v) is 18.6. The second kappa shape index (κ2) is 10.8. The Bertz CT molecular complexity index is 743. The first-order chi connectivity index (χ1) is 13.2. The van der Waals surface area contributed by atoms with E-state index in [4.69, 9.17) is 27.9 Å². The Labute approximate surface area is 177 Å². The summed E-state index contributed by atoms with van der Waals surface area (Å²) in [5.74, 6) is 0.276. The van der Waals surface area contributed by atoms with Gasteiger partial charge < -0.3 is 10.1 Å². The van der Waals surface area contributed by atoms with E-state index in [1.54, 1.807) is 6.07 Å². The lowest BCUT2D eigenvalue weighted by Crippen LogP contribution is -2.43. The van der Waals surface area contributed by atoms with Crippen LogP contribution >= 0.6 is 23.2 Å². The quantitative estimate of drug-likeness (QED) is 0.583. The highest BCUT2D eigenvalue weighted by Crippen LogP contribution is 2.33. The molecule has 0 atom stereocenters. The summed E-state index contributed by atoms with van der Waals surface area (Å²) in [4.78, 5) is 12.2. The number of nitrogens with one attached hydrogen (secondary N) is 1. The maximum atomic E-state index is 12.9. The molecule has 1 fully saturated rings. The summed E-state index contributed by atoms with van der Waals surface area (Å²) in [7, 11) is -3.79. The molecule has 6 nitrogen and oxygen atoms in total. The third-order valence-corrected chi connectivity index (χ3v) is 7.41. The molecular weight excluding hydrogens is 423 g/mol. The first kappa shape index (κ1) is 23.4. The van der Waals surface area contributed by atoms with Crippen LogP contribution in [-0.2, 0) is 19.6 Å². The molecule has 1 N–H and O–H groups in total. The Kier molecular flexibility index (Phi) is 9.02. The molecule has 0 spiro atoms. The highest BCUT2D eigenvalue weighted by molar-refractivity contribution is 7.89. The van der Waals surface area contributed by atoms with Crippen molar-refractivity contribution < 1.29 is 17.9 Å². The fourth-order valence-electron chi connectivity index (χ4n) is 3.07. The van der Waals surface area contributed by atoms with E-state index in [1.165, 1.54) is 16.4 Å². The molecule has 0 saturated carbocycles. The lowest BCUT2D eigenvalue weighted by molar-refractivity contribution is -0.126. The number of hydrogen-bond acceptors (Lipinski definition) is 4. The van der Waals surface area contributed by atoms with Gasteiger partial charge in [-0.2, -0.15) is 4.31 Å². The molecule has 9 heteroatoms. The minimum Gasteiger partial charge on any atom is -0.381 e. The first-order valence-corrected chi connectivity index (χ1v) is 11.7. The van der Waals surface area contributed by atoms with Crippen LogP contribution in [0.5, 0.6) is 0 Å². The van der Waals surface area contributed by atoms with Crippen LogP contribution in [0.4, 0.5) is 0 Å². The fraction of sp³-hybridized carbons (Fsp3) is 0.632. The zero-order valence-electron chi connectivity index (χ0n) is 16.3. The molecule has 0 radical (unpaired) electrons. The molecule has 1 aliphatic heterocycles. The number of benzene rings is 1. The standard InChI is InChI=1S/C19H28Cl2N2O4S/c1-14(2)13-27-12-4-9-22-19(24)15-7-10-23(11-8-15)28(25,26)18-16(20)5-3-6-17(18)21/h3,5-6,14-15H,4,7-13H2,1-2H3,(H,22,24). The van der Waals surface area contributed by atoms with Gasteiger partial charge in [-0.1, -0.05) is 43.1 Å². The third-order valence-electron chi connectivity index (χ3n) is 4.56. The number of sulfonamides is 1. The van der Waals surface area contributed by atoms with Gasteiger partial charge in [-0.3, -0.25) is 4.79 Å². The molecule has 158 valence electrons. The number of halogens is 2. The Morgan fingerprint density at radius 2 is 1.86 bits per heavy atom. The van der Waals surface area contributed by atoms with Crippen LogP contribution in [-0.4, -0.2) is 51.5 Å². The highest BCUT2D eigenvalue weighted by atomic mass is 35.5. The first-order valence-electron chi connectivity index (χ1n) is 9.53. The number of piperidine rings is 1. The Morgan fingerprint density at radius 1 is 1.25 bits per heavy atom. The van der Waals surface area contributed by atoms with Crippen molar-refractivity contribution in [2.24, 2.45) is 11.8 Å². The number of ether oxygens (including phenoxy) is 1. The molecule has 0 unspecified atom stereocenters. The van der Waals surface area contributed by atoms with E-state index < -0.39 is 10.0 Å². The maximum absolute atomic E-state index is 12.9. The predicted molar refractivity (Wildman–Crippen MR) is 111 cm³/mol. The van der Waals surface area contributed by atoms with Crippen molar-refractivity contribution in [1.29, 1.82) is 0 Å². The van der Waals surface area contributed by atoms with Gasteiger partial charge in [0.2, 0.25) is 15.9 Å². The Hall–Kier alpha value is -0.860. The van der Waals surface area contributed by atoms with Gasteiger partial charge in [-0.15, -0.1) is 0 Å². The minimum atomic E-state index is -3.79. The molecule has 1 aromatic carbocycles. The Balaban J connectivity index is 1.81. The summed E-state index contributed by atoms with van der Waals surface area (Å²) in [6.07, 6.45) is 1.70. The van der Waals surface area contributed by atoms with Gasteiger partial charge in [0.05, 0.1) is 10.0 Å². The van der Waals surface area contributed by atoms with E-state index in [0.717, 1.165) is 13.0 Å².